The minimum Gasteiger partial charge on any atom is -0.442 e. The van der Waals surface area contributed by atoms with Crippen LogP contribution in [0, 0.1) is 0 Å². The first kappa shape index (κ1) is 9.24. The molecule has 2 rings (SSSR count). The third-order valence-electron chi connectivity index (χ3n) is 1.56. The van der Waals surface area contributed by atoms with Gasteiger partial charge in [0.2, 0.25) is 0 Å². The van der Waals surface area contributed by atoms with Crippen molar-refractivity contribution in [3.8, 4) is 10.6 Å². The molecule has 2 aromatic rings. The van der Waals surface area contributed by atoms with Crippen molar-refractivity contribution < 1.29 is 4.42 Å². The first-order chi connectivity index (χ1) is 6.31. The van der Waals surface area contributed by atoms with Crippen LogP contribution >= 0.6 is 38.9 Å². The van der Waals surface area contributed by atoms with Gasteiger partial charge in [0.05, 0.1) is 14.9 Å². The highest BCUT2D eigenvalue weighted by Crippen LogP contribution is 2.33. The Hall–Kier alpha value is -0.320. The van der Waals surface area contributed by atoms with Gasteiger partial charge in [-0.2, -0.15) is 0 Å². The zero-order chi connectivity index (χ0) is 9.26. The van der Waals surface area contributed by atoms with Crippen LogP contribution in [0.25, 0.3) is 10.6 Å². The highest BCUT2D eigenvalue weighted by Gasteiger charge is 2.11. The fraction of sp³-hybridized carbons (Fsp3) is 0.125. The molecule has 0 unspecified atom stereocenters. The normalized spacial score (nSPS) is 10.6. The molecule has 0 aliphatic rings. The smallest absolute Gasteiger partial charge is 0.181 e. The van der Waals surface area contributed by atoms with Crippen LogP contribution in [-0.4, -0.2) is 4.98 Å². The lowest BCUT2D eigenvalue weighted by atomic mass is 10.3. The zero-order valence-electron chi connectivity index (χ0n) is 6.46. The molecule has 0 N–H and O–H groups in total. The van der Waals surface area contributed by atoms with E-state index in [9.17, 15) is 0 Å². The van der Waals surface area contributed by atoms with Gasteiger partial charge in [0.15, 0.2) is 12.2 Å². The predicted octanol–water partition coefficient (Wildman–Crippen LogP) is 3.95. The maximum atomic E-state index is 5.82. The number of rotatable bonds is 2. The molecule has 2 aromatic heterocycles. The Morgan fingerprint density at radius 2 is 2.38 bits per heavy atom. The summed E-state index contributed by atoms with van der Waals surface area (Å²) < 4.78 is 6.02. The van der Waals surface area contributed by atoms with E-state index in [1.807, 2.05) is 12.1 Å². The maximum absolute atomic E-state index is 5.82. The predicted molar refractivity (Wildman–Crippen MR) is 57.5 cm³/mol. The van der Waals surface area contributed by atoms with Gasteiger partial charge in [-0.3, -0.25) is 0 Å². The molecule has 0 bridgehead atoms. The van der Waals surface area contributed by atoms with Gasteiger partial charge in [-0.25, -0.2) is 4.98 Å². The first-order valence-electron chi connectivity index (χ1n) is 3.55. The van der Waals surface area contributed by atoms with Crippen molar-refractivity contribution >= 4 is 38.9 Å². The number of alkyl halides is 1. The van der Waals surface area contributed by atoms with Gasteiger partial charge in [-0.1, -0.05) is 27.5 Å². The second-order valence-corrected chi connectivity index (χ2v) is 4.64. The SMILES string of the molecule is Clc1ccc(-c2ocnc2CBr)s1. The van der Waals surface area contributed by atoms with Crippen LogP contribution in [-0.2, 0) is 5.33 Å². The quantitative estimate of drug-likeness (QED) is 0.777. The van der Waals surface area contributed by atoms with Gasteiger partial charge in [-0.05, 0) is 12.1 Å². The highest BCUT2D eigenvalue weighted by molar-refractivity contribution is 9.08. The van der Waals surface area contributed by atoms with Crippen LogP contribution in [0.5, 0.6) is 0 Å². The lowest BCUT2D eigenvalue weighted by molar-refractivity contribution is 0.572. The van der Waals surface area contributed by atoms with Gasteiger partial charge >= 0.3 is 0 Å². The van der Waals surface area contributed by atoms with Gasteiger partial charge in [-0.15, -0.1) is 11.3 Å². The standard InChI is InChI=1S/C8H5BrClNOS/c9-3-5-8(12-4-11-5)6-1-2-7(10)13-6/h1-2,4H,3H2. The molecule has 0 amide bonds. The van der Waals surface area contributed by atoms with Gasteiger partial charge in [0.25, 0.3) is 0 Å². The Bertz CT molecular complexity index is 412. The lowest BCUT2D eigenvalue weighted by Crippen LogP contribution is -1.78. The molecule has 0 aliphatic heterocycles. The molecule has 0 aromatic carbocycles. The van der Waals surface area contributed by atoms with Gasteiger partial charge < -0.3 is 4.42 Å². The Kier molecular flexibility index (Phi) is 2.71. The van der Waals surface area contributed by atoms with E-state index in [1.54, 1.807) is 0 Å². The van der Waals surface area contributed by atoms with Crippen molar-refractivity contribution in [2.24, 2.45) is 0 Å². The second-order valence-electron chi connectivity index (χ2n) is 2.37. The Morgan fingerprint density at radius 3 is 3.00 bits per heavy atom. The molecule has 0 fully saturated rings. The molecule has 13 heavy (non-hydrogen) atoms. The minimum atomic E-state index is 0.689. The van der Waals surface area contributed by atoms with Crippen LogP contribution in [0.1, 0.15) is 5.69 Å². The molecule has 0 saturated carbocycles. The van der Waals surface area contributed by atoms with Crippen molar-refractivity contribution in [2.45, 2.75) is 5.33 Å². The van der Waals surface area contributed by atoms with Gasteiger partial charge in [0, 0.05) is 5.33 Å². The number of aromatic nitrogens is 1. The van der Waals surface area contributed by atoms with Crippen LogP contribution in [0.15, 0.2) is 22.9 Å². The van der Waals surface area contributed by atoms with E-state index in [0.29, 0.717) is 5.33 Å². The van der Waals surface area contributed by atoms with Crippen molar-refractivity contribution in [3.05, 3.63) is 28.6 Å². The van der Waals surface area contributed by atoms with Crippen molar-refractivity contribution in [3.63, 3.8) is 0 Å². The molecule has 5 heteroatoms. The maximum Gasteiger partial charge on any atom is 0.181 e. The Labute approximate surface area is 92.7 Å². The number of nitrogens with zero attached hydrogens (tertiary/aromatic N) is 1. The van der Waals surface area contributed by atoms with E-state index in [1.165, 1.54) is 17.7 Å². The van der Waals surface area contributed by atoms with E-state index >= 15 is 0 Å². The van der Waals surface area contributed by atoms with Crippen molar-refractivity contribution in [1.29, 1.82) is 0 Å². The largest absolute Gasteiger partial charge is 0.442 e. The second kappa shape index (κ2) is 3.82. The van der Waals surface area contributed by atoms with Crippen LogP contribution in [0.4, 0.5) is 0 Å². The summed E-state index contributed by atoms with van der Waals surface area (Å²) in [6.45, 7) is 0. The highest BCUT2D eigenvalue weighted by atomic mass is 79.9. The van der Waals surface area contributed by atoms with E-state index in [0.717, 1.165) is 20.7 Å². The number of thiophene rings is 1. The Balaban J connectivity index is 2.45. The average molecular weight is 279 g/mol. The summed E-state index contributed by atoms with van der Waals surface area (Å²) in [4.78, 5) is 5.08. The molecule has 0 atom stereocenters. The monoisotopic (exact) mass is 277 g/mol. The zero-order valence-corrected chi connectivity index (χ0v) is 9.62. The van der Waals surface area contributed by atoms with E-state index in [2.05, 4.69) is 20.9 Å². The molecule has 2 nitrogen and oxygen atoms in total. The summed E-state index contributed by atoms with van der Waals surface area (Å²) in [6, 6.07) is 3.78. The van der Waals surface area contributed by atoms with E-state index in [-0.39, 0.29) is 0 Å². The molecular weight excluding hydrogens is 274 g/mol. The van der Waals surface area contributed by atoms with Crippen LogP contribution in [0.2, 0.25) is 4.34 Å². The number of halogens is 2. The third kappa shape index (κ3) is 1.80. The third-order valence-corrected chi connectivity index (χ3v) is 3.33. The van der Waals surface area contributed by atoms with Crippen molar-refractivity contribution in [2.75, 3.05) is 0 Å². The fourth-order valence-electron chi connectivity index (χ4n) is 1.00. The van der Waals surface area contributed by atoms with E-state index in [4.69, 9.17) is 16.0 Å². The first-order valence-corrected chi connectivity index (χ1v) is 5.87. The summed E-state index contributed by atoms with van der Waals surface area (Å²) in [5.74, 6) is 0.800. The van der Waals surface area contributed by atoms with Crippen LogP contribution in [0.3, 0.4) is 0 Å². The lowest BCUT2D eigenvalue weighted by Gasteiger charge is -1.91. The number of hydrogen-bond acceptors (Lipinski definition) is 3. The van der Waals surface area contributed by atoms with Gasteiger partial charge in [0.1, 0.15) is 0 Å². The topological polar surface area (TPSA) is 26.0 Å². The summed E-state index contributed by atoms with van der Waals surface area (Å²) in [6.07, 6.45) is 1.44. The minimum absolute atomic E-state index is 0.689. The van der Waals surface area contributed by atoms with Crippen molar-refractivity contribution in [1.82, 2.24) is 4.98 Å². The number of oxazole rings is 1. The molecule has 0 aliphatic carbocycles. The average Bonchev–Trinajstić information content (AvgIpc) is 2.71. The molecule has 0 saturated heterocycles. The molecule has 0 spiro atoms. The molecule has 68 valence electrons. The molecular formula is C8H5BrClNOS. The summed E-state index contributed by atoms with van der Waals surface area (Å²) in [7, 11) is 0. The summed E-state index contributed by atoms with van der Waals surface area (Å²) in [5.41, 5.74) is 0.901. The number of hydrogen-bond donors (Lipinski definition) is 0. The molecule has 2 heterocycles. The molecule has 0 radical (unpaired) electrons. The van der Waals surface area contributed by atoms with E-state index < -0.39 is 0 Å². The summed E-state index contributed by atoms with van der Waals surface area (Å²) >= 11 is 10.6. The Morgan fingerprint density at radius 1 is 1.54 bits per heavy atom. The summed E-state index contributed by atoms with van der Waals surface area (Å²) in [5, 5.41) is 0.689. The van der Waals surface area contributed by atoms with Crippen LogP contribution < -0.4 is 0 Å². The fourth-order valence-corrected chi connectivity index (χ4v) is 2.45.